The van der Waals surface area contributed by atoms with E-state index in [1.165, 1.54) is 81.7 Å². The van der Waals surface area contributed by atoms with Gasteiger partial charge in [0.1, 0.15) is 11.3 Å². The fourth-order valence-electron chi connectivity index (χ4n) is 6.26. The molecule has 0 amide bonds. The van der Waals surface area contributed by atoms with Gasteiger partial charge < -0.3 is 40.5 Å². The second kappa shape index (κ2) is 16.8. The molecule has 0 bridgehead atoms. The molecule has 0 saturated carbocycles. The third-order valence-corrected chi connectivity index (χ3v) is 9.35. The summed E-state index contributed by atoms with van der Waals surface area (Å²) in [6.07, 6.45) is 13.7. The second-order valence-electron chi connectivity index (χ2n) is 12.8. The van der Waals surface area contributed by atoms with Crippen LogP contribution in [0, 0.1) is 0 Å². The highest BCUT2D eigenvalue weighted by Gasteiger charge is 2.31. The lowest BCUT2D eigenvalue weighted by Gasteiger charge is -2.35. The summed E-state index contributed by atoms with van der Waals surface area (Å²) in [7, 11) is 0. The van der Waals surface area contributed by atoms with Gasteiger partial charge in [0.25, 0.3) is 0 Å². The lowest BCUT2D eigenvalue weighted by molar-refractivity contribution is -0.923. The number of aromatic hydroxyl groups is 1. The zero-order chi connectivity index (χ0) is 30.9. The molecule has 4 rings (SSSR count). The number of rotatable bonds is 18. The maximum absolute atomic E-state index is 12.4. The van der Waals surface area contributed by atoms with Gasteiger partial charge in [0.15, 0.2) is 11.3 Å². The lowest BCUT2D eigenvalue weighted by atomic mass is 9.92. The zero-order valence-electron chi connectivity index (χ0n) is 27.5. The molecule has 9 nitrogen and oxygen atoms in total. The first-order chi connectivity index (χ1) is 20.7. The van der Waals surface area contributed by atoms with Crippen LogP contribution in [0.1, 0.15) is 109 Å². The van der Waals surface area contributed by atoms with Crippen LogP contribution >= 0.6 is 0 Å². The first-order valence-corrected chi connectivity index (χ1v) is 16.5. The number of fused-ring (bicyclic) bond motifs is 2. The molecule has 44 heavy (non-hydrogen) atoms. The number of unbranched alkanes of at least 4 members (excludes halogenated alkanes) is 7. The number of phenols is 1. The molecule has 0 spiro atoms. The Labute approximate surface area is 273 Å². The summed E-state index contributed by atoms with van der Waals surface area (Å²) in [5, 5.41) is 20.1. The van der Waals surface area contributed by atoms with Crippen LogP contribution in [0.25, 0.3) is 11.0 Å². The minimum absolute atomic E-state index is 0. The Bertz CT molecular complexity index is 1370. The summed E-state index contributed by atoms with van der Waals surface area (Å²) in [4.78, 5) is 12.4. The molecule has 0 saturated heterocycles. The molecule has 1 N–H and O–H groups in total. The highest BCUT2D eigenvalue weighted by atomic mass is 79.9. The molecule has 0 radical (unpaired) electrons. The minimum Gasteiger partial charge on any atom is -1.00 e. The maximum atomic E-state index is 12.4. The number of aromatic nitrogens is 3. The van der Waals surface area contributed by atoms with E-state index in [2.05, 4.69) is 31.1 Å². The van der Waals surface area contributed by atoms with Gasteiger partial charge in [-0.15, -0.1) is 5.10 Å². The van der Waals surface area contributed by atoms with Crippen LogP contribution in [0.15, 0.2) is 27.5 Å². The first kappa shape index (κ1) is 36.0. The Balaban J connectivity index is 0.00000529. The highest BCUT2D eigenvalue weighted by Crippen LogP contribution is 2.44. The number of hydrogen-bond acceptors (Lipinski definition) is 7. The molecule has 1 aliphatic rings. The van der Waals surface area contributed by atoms with E-state index >= 15 is 0 Å². The standard InChI is InChI=1S/C34H52N4O5.BrH/c1-6-38(7-2,8-3)19-15-13-11-9-10-12-14-16-20-41-25-28-24-37(36-35-28)23-27-22-30(39)42-33-29(27)21-26-17-18-34(4,5)43-32(26)31(33)40;/h21-22,24H,6-20,23,25H2,1-5H3;1H. The molecule has 2 aromatic heterocycles. The third-order valence-electron chi connectivity index (χ3n) is 9.35. The van der Waals surface area contributed by atoms with Gasteiger partial charge in [-0.1, -0.05) is 37.3 Å². The van der Waals surface area contributed by atoms with Crippen LogP contribution in [0.5, 0.6) is 11.5 Å². The van der Waals surface area contributed by atoms with Crippen molar-refractivity contribution in [3.8, 4) is 11.5 Å². The summed E-state index contributed by atoms with van der Waals surface area (Å²) in [6.45, 7) is 17.5. The molecule has 3 aromatic rings. The van der Waals surface area contributed by atoms with E-state index in [1.54, 1.807) is 4.68 Å². The monoisotopic (exact) mass is 676 g/mol. The summed E-state index contributed by atoms with van der Waals surface area (Å²) >= 11 is 0. The van der Waals surface area contributed by atoms with E-state index in [0.29, 0.717) is 36.5 Å². The highest BCUT2D eigenvalue weighted by molar-refractivity contribution is 5.89. The van der Waals surface area contributed by atoms with Crippen molar-refractivity contribution in [2.45, 2.75) is 118 Å². The molecule has 3 heterocycles. The summed E-state index contributed by atoms with van der Waals surface area (Å²) in [6, 6.07) is 3.41. The van der Waals surface area contributed by atoms with Crippen molar-refractivity contribution in [1.82, 2.24) is 15.0 Å². The number of quaternary nitrogens is 1. The van der Waals surface area contributed by atoms with Gasteiger partial charge in [0.2, 0.25) is 5.75 Å². The molecule has 1 aliphatic heterocycles. The second-order valence-corrected chi connectivity index (χ2v) is 12.8. The van der Waals surface area contributed by atoms with Crippen molar-refractivity contribution in [1.29, 1.82) is 0 Å². The van der Waals surface area contributed by atoms with E-state index in [4.69, 9.17) is 13.9 Å². The van der Waals surface area contributed by atoms with Crippen molar-refractivity contribution in [3.63, 3.8) is 0 Å². The first-order valence-electron chi connectivity index (χ1n) is 16.5. The number of phenolic OH excluding ortho intramolecular Hbond substituents is 1. The number of aryl methyl sites for hydroxylation is 1. The smallest absolute Gasteiger partial charge is 0.336 e. The summed E-state index contributed by atoms with van der Waals surface area (Å²) < 4.78 is 20.2. The minimum atomic E-state index is -0.530. The predicted molar refractivity (Wildman–Crippen MR) is 170 cm³/mol. The number of nitrogens with zero attached hydrogens (tertiary/aromatic N) is 4. The average molecular weight is 678 g/mol. The summed E-state index contributed by atoms with van der Waals surface area (Å²) in [5.74, 6) is 0.278. The summed E-state index contributed by atoms with van der Waals surface area (Å²) in [5.41, 5.74) is 1.59. The van der Waals surface area contributed by atoms with Crippen molar-refractivity contribution in [2.75, 3.05) is 32.8 Å². The van der Waals surface area contributed by atoms with Crippen LogP contribution in [0.3, 0.4) is 0 Å². The van der Waals surface area contributed by atoms with Crippen molar-refractivity contribution < 1.29 is 40.5 Å². The zero-order valence-corrected chi connectivity index (χ0v) is 29.1. The Kier molecular flexibility index (Phi) is 13.7. The maximum Gasteiger partial charge on any atom is 0.336 e. The van der Waals surface area contributed by atoms with Gasteiger partial charge >= 0.3 is 5.63 Å². The van der Waals surface area contributed by atoms with Crippen LogP contribution in [-0.4, -0.2) is 63.0 Å². The molecule has 0 unspecified atom stereocenters. The molecule has 0 atom stereocenters. The molecular weight excluding hydrogens is 624 g/mol. The molecule has 0 aliphatic carbocycles. The van der Waals surface area contributed by atoms with Crippen LogP contribution in [0.4, 0.5) is 0 Å². The number of ether oxygens (including phenoxy) is 2. The predicted octanol–water partition coefficient (Wildman–Crippen LogP) is 3.76. The Morgan fingerprint density at radius 2 is 1.66 bits per heavy atom. The van der Waals surface area contributed by atoms with Gasteiger partial charge in [-0.25, -0.2) is 9.48 Å². The van der Waals surface area contributed by atoms with Crippen molar-refractivity contribution in [3.05, 3.63) is 45.6 Å². The number of halogens is 1. The van der Waals surface area contributed by atoms with Crippen molar-refractivity contribution in [2.24, 2.45) is 0 Å². The Morgan fingerprint density at radius 1 is 1.00 bits per heavy atom. The normalized spacial score (nSPS) is 14.3. The van der Waals surface area contributed by atoms with Crippen LogP contribution in [0.2, 0.25) is 0 Å². The van der Waals surface area contributed by atoms with Gasteiger partial charge in [-0.3, -0.25) is 0 Å². The van der Waals surface area contributed by atoms with Gasteiger partial charge in [0, 0.05) is 18.1 Å². The third kappa shape index (κ3) is 9.54. The fourth-order valence-corrected chi connectivity index (χ4v) is 6.26. The van der Waals surface area contributed by atoms with Gasteiger partial charge in [0.05, 0.1) is 45.5 Å². The molecule has 0 fully saturated rings. The van der Waals surface area contributed by atoms with Crippen molar-refractivity contribution >= 4 is 11.0 Å². The van der Waals surface area contributed by atoms with Crippen LogP contribution < -0.4 is 27.3 Å². The molecule has 246 valence electrons. The number of hydrogen-bond donors (Lipinski definition) is 1. The van der Waals surface area contributed by atoms with E-state index in [0.717, 1.165) is 30.5 Å². The van der Waals surface area contributed by atoms with Crippen LogP contribution in [-0.2, 0) is 24.3 Å². The average Bonchev–Trinajstić information content (AvgIpc) is 3.44. The number of benzene rings is 1. The van der Waals surface area contributed by atoms with Gasteiger partial charge in [-0.05, 0) is 83.9 Å². The quantitative estimate of drug-likeness (QED) is 0.124. The van der Waals surface area contributed by atoms with Gasteiger partial charge in [-0.2, -0.15) is 0 Å². The Hall–Kier alpha value is -2.43. The molecular formula is C34H53BrN4O5. The topological polar surface area (TPSA) is 99.6 Å². The SMILES string of the molecule is CC[N+](CC)(CC)CCCCCCCCCCOCc1cn(Cc2cc(=O)oc3c(O)c4c(cc23)CCC(C)(C)O4)nn1.[Br-]. The van der Waals surface area contributed by atoms with E-state index < -0.39 is 5.63 Å². The van der Waals surface area contributed by atoms with E-state index in [1.807, 2.05) is 26.1 Å². The fraction of sp³-hybridized carbons (Fsp3) is 0.676. The lowest BCUT2D eigenvalue weighted by Crippen LogP contribution is -3.00. The molecule has 1 aromatic carbocycles. The van der Waals surface area contributed by atoms with E-state index in [-0.39, 0.29) is 33.9 Å². The molecule has 10 heteroatoms. The van der Waals surface area contributed by atoms with E-state index in [9.17, 15) is 9.90 Å². The Morgan fingerprint density at radius 3 is 2.34 bits per heavy atom. The largest absolute Gasteiger partial charge is 1.00 e.